The number of nitriles is 1. The van der Waals surface area contributed by atoms with Crippen LogP contribution in [0, 0.1) is 11.3 Å². The monoisotopic (exact) mass is 608 g/mol. The Morgan fingerprint density at radius 3 is 2.42 bits per heavy atom. The molecule has 0 unspecified atom stereocenters. The Kier molecular flexibility index (Phi) is 8.70. The van der Waals surface area contributed by atoms with Gasteiger partial charge in [0.2, 0.25) is 0 Å². The molecule has 0 radical (unpaired) electrons. The molecule has 0 aliphatic carbocycles. The summed E-state index contributed by atoms with van der Waals surface area (Å²) >= 11 is 15.7. The lowest BCUT2D eigenvalue weighted by Gasteiger charge is -2.14. The third-order valence-electron chi connectivity index (χ3n) is 5.41. The SMILES string of the molecule is CCOc1cc(/C=C(\C#N)C(=O)Nc2c(Cl)cccc2Cl)cc(Br)c1OC(=O)c1cccc2ccccc12. The number of carbonyl (C=O) groups excluding carboxylic acids is 2. The van der Waals surface area contributed by atoms with E-state index in [1.165, 1.54) is 6.08 Å². The van der Waals surface area contributed by atoms with Crippen molar-refractivity contribution in [2.24, 2.45) is 0 Å². The second kappa shape index (κ2) is 12.1. The van der Waals surface area contributed by atoms with Gasteiger partial charge in [0.05, 0.1) is 32.4 Å². The summed E-state index contributed by atoms with van der Waals surface area (Å²) in [7, 11) is 0. The number of nitrogens with one attached hydrogen (secondary N) is 1. The second-order valence-corrected chi connectivity index (χ2v) is 9.57. The van der Waals surface area contributed by atoms with Crippen LogP contribution in [0.3, 0.4) is 0 Å². The van der Waals surface area contributed by atoms with E-state index in [0.29, 0.717) is 15.6 Å². The smallest absolute Gasteiger partial charge is 0.344 e. The van der Waals surface area contributed by atoms with Crippen LogP contribution in [0.1, 0.15) is 22.8 Å². The minimum Gasteiger partial charge on any atom is -0.490 e. The number of para-hydroxylation sites is 1. The summed E-state index contributed by atoms with van der Waals surface area (Å²) in [5.41, 5.74) is 0.870. The maximum atomic E-state index is 13.1. The van der Waals surface area contributed by atoms with Crippen molar-refractivity contribution in [3.63, 3.8) is 0 Å². The van der Waals surface area contributed by atoms with Gasteiger partial charge >= 0.3 is 5.97 Å². The number of amides is 1. The molecule has 0 aliphatic rings. The Labute approximate surface area is 237 Å². The van der Waals surface area contributed by atoms with Crippen LogP contribution in [0.4, 0.5) is 5.69 Å². The van der Waals surface area contributed by atoms with Gasteiger partial charge in [-0.3, -0.25) is 4.79 Å². The highest BCUT2D eigenvalue weighted by atomic mass is 79.9. The van der Waals surface area contributed by atoms with Crippen molar-refractivity contribution < 1.29 is 19.1 Å². The summed E-state index contributed by atoms with van der Waals surface area (Å²) in [6.07, 6.45) is 1.38. The fraction of sp³-hybridized carbons (Fsp3) is 0.0690. The Morgan fingerprint density at radius 2 is 1.71 bits per heavy atom. The van der Waals surface area contributed by atoms with Gasteiger partial charge in [-0.05, 0) is 75.6 Å². The van der Waals surface area contributed by atoms with E-state index in [1.54, 1.807) is 49.4 Å². The van der Waals surface area contributed by atoms with Crippen LogP contribution in [-0.2, 0) is 4.79 Å². The predicted octanol–water partition coefficient (Wildman–Crippen LogP) is 8.07. The lowest BCUT2D eigenvalue weighted by Crippen LogP contribution is -2.14. The molecule has 0 saturated heterocycles. The Balaban J connectivity index is 1.65. The van der Waals surface area contributed by atoms with Gasteiger partial charge in [0.25, 0.3) is 5.91 Å². The highest BCUT2D eigenvalue weighted by molar-refractivity contribution is 9.10. The average molecular weight is 610 g/mol. The van der Waals surface area contributed by atoms with Crippen LogP contribution in [0.2, 0.25) is 10.0 Å². The van der Waals surface area contributed by atoms with Crippen molar-refractivity contribution >= 4 is 73.5 Å². The topological polar surface area (TPSA) is 88.4 Å². The van der Waals surface area contributed by atoms with E-state index >= 15 is 0 Å². The number of benzene rings is 4. The maximum Gasteiger partial charge on any atom is 0.344 e. The number of hydrogen-bond donors (Lipinski definition) is 1. The highest BCUT2D eigenvalue weighted by Crippen LogP contribution is 2.38. The number of rotatable bonds is 7. The average Bonchev–Trinajstić information content (AvgIpc) is 2.91. The van der Waals surface area contributed by atoms with Gasteiger partial charge in [-0.25, -0.2) is 4.79 Å². The molecule has 0 aromatic heterocycles. The normalized spacial score (nSPS) is 11.1. The van der Waals surface area contributed by atoms with E-state index in [-0.39, 0.29) is 39.4 Å². The van der Waals surface area contributed by atoms with Crippen molar-refractivity contribution in [3.05, 3.63) is 104 Å². The number of ether oxygens (including phenoxy) is 2. The maximum absolute atomic E-state index is 13.1. The first-order chi connectivity index (χ1) is 18.3. The lowest BCUT2D eigenvalue weighted by atomic mass is 10.0. The summed E-state index contributed by atoms with van der Waals surface area (Å²) in [5.74, 6) is -0.815. The second-order valence-electron chi connectivity index (χ2n) is 7.90. The molecule has 0 bridgehead atoms. The minimum absolute atomic E-state index is 0.174. The van der Waals surface area contributed by atoms with Crippen LogP contribution in [0.5, 0.6) is 11.5 Å². The number of halogens is 3. The molecule has 0 fully saturated rings. The first-order valence-electron chi connectivity index (χ1n) is 11.4. The largest absolute Gasteiger partial charge is 0.490 e. The quantitative estimate of drug-likeness (QED) is 0.0990. The van der Waals surface area contributed by atoms with E-state index in [9.17, 15) is 14.9 Å². The standard InChI is InChI=1S/C29H19BrCl2N2O4/c1-2-37-25-15-17(13-19(16-33)28(35)34-26-23(31)11-6-12-24(26)32)14-22(30)27(25)38-29(36)21-10-5-8-18-7-3-4-9-20(18)21/h3-15H,2H2,1H3,(H,34,35)/b19-13+. The molecule has 6 nitrogen and oxygen atoms in total. The van der Waals surface area contributed by atoms with Crippen molar-refractivity contribution in [2.75, 3.05) is 11.9 Å². The van der Waals surface area contributed by atoms with Crippen LogP contribution in [0.25, 0.3) is 16.8 Å². The molecule has 1 N–H and O–H groups in total. The molecular weight excluding hydrogens is 591 g/mol. The summed E-state index contributed by atoms with van der Waals surface area (Å²) in [6, 6.07) is 22.8. The lowest BCUT2D eigenvalue weighted by molar-refractivity contribution is -0.112. The molecule has 0 heterocycles. The predicted molar refractivity (Wildman–Crippen MR) is 153 cm³/mol. The van der Waals surface area contributed by atoms with Crippen LogP contribution in [0.15, 0.2) is 82.8 Å². The fourth-order valence-electron chi connectivity index (χ4n) is 3.70. The molecule has 0 spiro atoms. The zero-order valence-corrected chi connectivity index (χ0v) is 23.0. The third kappa shape index (κ3) is 6.00. The molecule has 190 valence electrons. The third-order valence-corrected chi connectivity index (χ3v) is 6.63. The molecule has 38 heavy (non-hydrogen) atoms. The summed E-state index contributed by atoms with van der Waals surface area (Å²) in [5, 5.41) is 14.4. The van der Waals surface area contributed by atoms with E-state index in [2.05, 4.69) is 21.2 Å². The van der Waals surface area contributed by atoms with Crippen molar-refractivity contribution in [2.45, 2.75) is 6.92 Å². The Bertz CT molecular complexity index is 1600. The number of carbonyl (C=O) groups is 2. The molecular formula is C29H19BrCl2N2O4. The zero-order chi connectivity index (χ0) is 27.2. The molecule has 4 aromatic carbocycles. The van der Waals surface area contributed by atoms with Gasteiger partial charge in [0.15, 0.2) is 11.5 Å². The minimum atomic E-state index is -0.692. The van der Waals surface area contributed by atoms with E-state index in [4.69, 9.17) is 32.7 Å². The highest BCUT2D eigenvalue weighted by Gasteiger charge is 2.20. The van der Waals surface area contributed by atoms with Gasteiger partial charge in [-0.2, -0.15) is 5.26 Å². The van der Waals surface area contributed by atoms with Crippen molar-refractivity contribution in [1.82, 2.24) is 0 Å². The Hall–Kier alpha value is -3.83. The molecule has 9 heteroatoms. The van der Waals surface area contributed by atoms with E-state index in [1.807, 2.05) is 36.4 Å². The zero-order valence-electron chi connectivity index (χ0n) is 19.9. The van der Waals surface area contributed by atoms with Gasteiger partial charge in [0, 0.05) is 0 Å². The first-order valence-corrected chi connectivity index (χ1v) is 12.9. The van der Waals surface area contributed by atoms with Gasteiger partial charge < -0.3 is 14.8 Å². The molecule has 4 rings (SSSR count). The van der Waals surface area contributed by atoms with Gasteiger partial charge in [-0.1, -0.05) is 65.7 Å². The van der Waals surface area contributed by atoms with E-state index in [0.717, 1.165) is 10.8 Å². The molecule has 4 aromatic rings. The molecule has 0 atom stereocenters. The number of esters is 1. The van der Waals surface area contributed by atoms with E-state index < -0.39 is 11.9 Å². The first kappa shape index (κ1) is 27.2. The number of hydrogen-bond acceptors (Lipinski definition) is 5. The van der Waals surface area contributed by atoms with Gasteiger partial charge in [-0.15, -0.1) is 0 Å². The number of anilines is 1. The van der Waals surface area contributed by atoms with Crippen molar-refractivity contribution in [3.8, 4) is 17.6 Å². The Morgan fingerprint density at radius 1 is 1.03 bits per heavy atom. The number of fused-ring (bicyclic) bond motifs is 1. The molecule has 0 aliphatic heterocycles. The fourth-order valence-corrected chi connectivity index (χ4v) is 4.73. The summed E-state index contributed by atoms with van der Waals surface area (Å²) in [6.45, 7) is 2.07. The molecule has 0 saturated carbocycles. The summed E-state index contributed by atoms with van der Waals surface area (Å²) in [4.78, 5) is 25.9. The van der Waals surface area contributed by atoms with Crippen LogP contribution < -0.4 is 14.8 Å². The summed E-state index contributed by atoms with van der Waals surface area (Å²) < 4.78 is 11.9. The van der Waals surface area contributed by atoms with Crippen LogP contribution in [-0.4, -0.2) is 18.5 Å². The van der Waals surface area contributed by atoms with Crippen LogP contribution >= 0.6 is 39.1 Å². The van der Waals surface area contributed by atoms with Crippen molar-refractivity contribution in [1.29, 1.82) is 5.26 Å². The number of nitrogens with zero attached hydrogens (tertiary/aromatic N) is 1. The van der Waals surface area contributed by atoms with Gasteiger partial charge in [0.1, 0.15) is 11.6 Å². The molecule has 1 amide bonds.